The molecule has 0 aliphatic heterocycles. The maximum atomic E-state index is 12.2. The van der Waals surface area contributed by atoms with Crippen molar-refractivity contribution in [2.24, 2.45) is 0 Å². The lowest BCUT2D eigenvalue weighted by atomic mass is 10.1. The molecule has 3 nitrogen and oxygen atoms in total. The highest BCUT2D eigenvalue weighted by molar-refractivity contribution is 7.89. The van der Waals surface area contributed by atoms with Crippen LogP contribution in [0.1, 0.15) is 38.2 Å². The van der Waals surface area contributed by atoms with E-state index in [9.17, 15) is 8.42 Å². The fourth-order valence-corrected chi connectivity index (χ4v) is 3.16. The fraction of sp³-hybridized carbons (Fsp3) is 0.467. The zero-order valence-corrected chi connectivity index (χ0v) is 12.5. The van der Waals surface area contributed by atoms with Crippen molar-refractivity contribution in [3.8, 4) is 0 Å². The van der Waals surface area contributed by atoms with Gasteiger partial charge in [0.1, 0.15) is 0 Å². The molecule has 1 rings (SSSR count). The van der Waals surface area contributed by atoms with Crippen molar-refractivity contribution < 1.29 is 8.42 Å². The minimum Gasteiger partial charge on any atom is -0.208 e. The molecule has 0 aliphatic rings. The molecule has 1 aromatic rings. The molecule has 1 N–H and O–H groups in total. The monoisotopic (exact) mass is 281 g/mol. The number of benzene rings is 1. The standard InChI is InChI=1S/C15H23NO2S/c1-4-6-8-14(7-5-2)16-19(17,18)15-11-9-13(3)10-12-15/h5,9-12,14,16H,2,4,6-8H2,1,3H3. The molecule has 0 amide bonds. The summed E-state index contributed by atoms with van der Waals surface area (Å²) in [6.45, 7) is 7.72. The van der Waals surface area contributed by atoms with Crippen LogP contribution in [0.4, 0.5) is 0 Å². The first kappa shape index (κ1) is 15.9. The van der Waals surface area contributed by atoms with Gasteiger partial charge < -0.3 is 0 Å². The molecule has 0 aromatic heterocycles. The maximum absolute atomic E-state index is 12.2. The first-order valence-corrected chi connectivity index (χ1v) is 8.17. The molecular weight excluding hydrogens is 258 g/mol. The van der Waals surface area contributed by atoms with Crippen molar-refractivity contribution in [3.63, 3.8) is 0 Å². The number of sulfonamides is 1. The number of rotatable bonds is 8. The third-order valence-corrected chi connectivity index (χ3v) is 4.55. The highest BCUT2D eigenvalue weighted by atomic mass is 32.2. The summed E-state index contributed by atoms with van der Waals surface area (Å²) in [6, 6.07) is 6.83. The van der Waals surface area contributed by atoms with Crippen LogP contribution in [0.15, 0.2) is 41.8 Å². The van der Waals surface area contributed by atoms with Crippen LogP contribution in [0.3, 0.4) is 0 Å². The highest BCUT2D eigenvalue weighted by Gasteiger charge is 2.18. The lowest BCUT2D eigenvalue weighted by molar-refractivity contribution is 0.514. The van der Waals surface area contributed by atoms with E-state index in [1.807, 2.05) is 19.1 Å². The van der Waals surface area contributed by atoms with E-state index in [0.29, 0.717) is 11.3 Å². The van der Waals surface area contributed by atoms with Crippen LogP contribution >= 0.6 is 0 Å². The average molecular weight is 281 g/mol. The van der Waals surface area contributed by atoms with Gasteiger partial charge in [0.25, 0.3) is 0 Å². The Morgan fingerprint density at radius 1 is 1.32 bits per heavy atom. The van der Waals surface area contributed by atoms with Crippen LogP contribution in [-0.2, 0) is 10.0 Å². The summed E-state index contributed by atoms with van der Waals surface area (Å²) in [5, 5.41) is 0. The molecule has 0 aliphatic carbocycles. The van der Waals surface area contributed by atoms with Gasteiger partial charge in [-0.25, -0.2) is 13.1 Å². The van der Waals surface area contributed by atoms with Crippen molar-refractivity contribution in [2.75, 3.05) is 0 Å². The molecular formula is C15H23NO2S. The van der Waals surface area contributed by atoms with Crippen molar-refractivity contribution in [3.05, 3.63) is 42.5 Å². The Bertz CT molecular complexity index is 491. The molecule has 0 saturated heterocycles. The van der Waals surface area contributed by atoms with Gasteiger partial charge in [0.2, 0.25) is 10.0 Å². The van der Waals surface area contributed by atoms with Crippen LogP contribution in [0.25, 0.3) is 0 Å². The molecule has 0 spiro atoms. The van der Waals surface area contributed by atoms with Crippen LogP contribution in [-0.4, -0.2) is 14.5 Å². The molecule has 4 heteroatoms. The molecule has 0 saturated carbocycles. The predicted molar refractivity (Wildman–Crippen MR) is 79.6 cm³/mol. The molecule has 0 heterocycles. The summed E-state index contributed by atoms with van der Waals surface area (Å²) in [5.74, 6) is 0. The number of nitrogens with one attached hydrogen (secondary N) is 1. The summed E-state index contributed by atoms with van der Waals surface area (Å²) in [7, 11) is -3.43. The van der Waals surface area contributed by atoms with Crippen molar-refractivity contribution in [1.82, 2.24) is 4.72 Å². The smallest absolute Gasteiger partial charge is 0.208 e. The Morgan fingerprint density at radius 2 is 1.95 bits per heavy atom. The van der Waals surface area contributed by atoms with E-state index in [-0.39, 0.29) is 6.04 Å². The molecule has 1 unspecified atom stereocenters. The summed E-state index contributed by atoms with van der Waals surface area (Å²) in [4.78, 5) is 0.323. The van der Waals surface area contributed by atoms with Gasteiger partial charge in [0.15, 0.2) is 0 Å². The third kappa shape index (κ3) is 5.17. The summed E-state index contributed by atoms with van der Waals surface area (Å²) in [6.07, 6.45) is 5.32. The van der Waals surface area contributed by atoms with Gasteiger partial charge in [-0.05, 0) is 31.9 Å². The average Bonchev–Trinajstić information content (AvgIpc) is 2.36. The number of hydrogen-bond acceptors (Lipinski definition) is 2. The van der Waals surface area contributed by atoms with E-state index in [0.717, 1.165) is 24.8 Å². The van der Waals surface area contributed by atoms with E-state index >= 15 is 0 Å². The first-order valence-electron chi connectivity index (χ1n) is 6.69. The van der Waals surface area contributed by atoms with Gasteiger partial charge in [-0.1, -0.05) is 43.5 Å². The van der Waals surface area contributed by atoms with Crippen LogP contribution < -0.4 is 4.72 Å². The largest absolute Gasteiger partial charge is 0.240 e. The summed E-state index contributed by atoms with van der Waals surface area (Å²) in [5.41, 5.74) is 1.05. The molecule has 106 valence electrons. The van der Waals surface area contributed by atoms with Gasteiger partial charge >= 0.3 is 0 Å². The van der Waals surface area contributed by atoms with Gasteiger partial charge in [-0.2, -0.15) is 0 Å². The molecule has 19 heavy (non-hydrogen) atoms. The topological polar surface area (TPSA) is 46.2 Å². The second kappa shape index (κ2) is 7.46. The quantitative estimate of drug-likeness (QED) is 0.742. The molecule has 1 aromatic carbocycles. The van der Waals surface area contributed by atoms with Crippen LogP contribution in [0.2, 0.25) is 0 Å². The van der Waals surface area contributed by atoms with Crippen LogP contribution in [0.5, 0.6) is 0 Å². The Morgan fingerprint density at radius 3 is 2.47 bits per heavy atom. The first-order chi connectivity index (χ1) is 8.99. The zero-order valence-electron chi connectivity index (χ0n) is 11.7. The Kier molecular flexibility index (Phi) is 6.25. The minimum absolute atomic E-state index is 0.0660. The minimum atomic E-state index is -3.43. The Balaban J connectivity index is 2.80. The van der Waals surface area contributed by atoms with Gasteiger partial charge in [-0.15, -0.1) is 6.58 Å². The molecule has 0 fully saturated rings. The second-order valence-electron chi connectivity index (χ2n) is 4.80. The van der Waals surface area contributed by atoms with E-state index in [4.69, 9.17) is 0 Å². The fourth-order valence-electron chi connectivity index (χ4n) is 1.88. The third-order valence-electron chi connectivity index (χ3n) is 3.01. The predicted octanol–water partition coefficient (Wildman–Crippen LogP) is 3.41. The molecule has 0 radical (unpaired) electrons. The number of aryl methyl sites for hydroxylation is 1. The lowest BCUT2D eigenvalue weighted by Gasteiger charge is -2.17. The SMILES string of the molecule is C=CCC(CCCC)NS(=O)(=O)c1ccc(C)cc1. The lowest BCUT2D eigenvalue weighted by Crippen LogP contribution is -2.34. The summed E-state index contributed by atoms with van der Waals surface area (Å²) < 4.78 is 27.3. The van der Waals surface area contributed by atoms with Crippen molar-refractivity contribution >= 4 is 10.0 Å². The van der Waals surface area contributed by atoms with E-state index in [1.54, 1.807) is 18.2 Å². The Labute approximate surface area is 116 Å². The van der Waals surface area contributed by atoms with E-state index in [2.05, 4.69) is 18.2 Å². The van der Waals surface area contributed by atoms with E-state index < -0.39 is 10.0 Å². The van der Waals surface area contributed by atoms with Crippen molar-refractivity contribution in [2.45, 2.75) is 50.5 Å². The van der Waals surface area contributed by atoms with Crippen LogP contribution in [0, 0.1) is 6.92 Å². The molecule has 1 atom stereocenters. The molecule has 0 bridgehead atoms. The van der Waals surface area contributed by atoms with Gasteiger partial charge in [0, 0.05) is 6.04 Å². The normalized spacial score (nSPS) is 13.2. The number of unbranched alkanes of at least 4 members (excludes halogenated alkanes) is 1. The maximum Gasteiger partial charge on any atom is 0.240 e. The second-order valence-corrected chi connectivity index (χ2v) is 6.51. The Hall–Kier alpha value is -1.13. The zero-order chi connectivity index (χ0) is 14.3. The summed E-state index contributed by atoms with van der Waals surface area (Å²) >= 11 is 0. The number of hydrogen-bond donors (Lipinski definition) is 1. The van der Waals surface area contributed by atoms with Gasteiger partial charge in [-0.3, -0.25) is 0 Å². The van der Waals surface area contributed by atoms with Gasteiger partial charge in [0.05, 0.1) is 4.90 Å². The van der Waals surface area contributed by atoms with E-state index in [1.165, 1.54) is 0 Å². The van der Waals surface area contributed by atoms with Crippen molar-refractivity contribution in [1.29, 1.82) is 0 Å². The highest BCUT2D eigenvalue weighted by Crippen LogP contribution is 2.13.